The van der Waals surface area contributed by atoms with Crippen molar-refractivity contribution in [3.63, 3.8) is 0 Å². The van der Waals surface area contributed by atoms with Crippen LogP contribution in [0.2, 0.25) is 0 Å². The van der Waals surface area contributed by atoms with E-state index >= 15 is 0 Å². The molecule has 3 aliphatic rings. The number of hydrogen-bond acceptors (Lipinski definition) is 8. The van der Waals surface area contributed by atoms with Crippen LogP contribution in [0.1, 0.15) is 72.6 Å². The summed E-state index contributed by atoms with van der Waals surface area (Å²) >= 11 is 0. The monoisotopic (exact) mass is 629 g/mol. The lowest BCUT2D eigenvalue weighted by Gasteiger charge is -2.36. The maximum atomic E-state index is 13.3. The van der Waals surface area contributed by atoms with E-state index in [9.17, 15) is 22.8 Å². The van der Waals surface area contributed by atoms with Crippen LogP contribution < -0.4 is 5.32 Å². The summed E-state index contributed by atoms with van der Waals surface area (Å²) in [5.74, 6) is -0.809. The standard InChI is InChI=1S/C31H43N5O7S/c1-5-36-27-25(18-31(20-32-28(27)38)9-15-42-16-10-31)26(33-36)19-30(3,4)21-43-29(39)23-7-6-8-24(17-23)44(40,41)35-13-11-34(12-14-35)22(2)37/h6-8,17H,5,9-16,18-21H2,1-4H3,(H,32,38). The van der Waals surface area contributed by atoms with Gasteiger partial charge in [-0.1, -0.05) is 19.9 Å². The maximum absolute atomic E-state index is 13.3. The zero-order valence-electron chi connectivity index (χ0n) is 26.1. The van der Waals surface area contributed by atoms with Gasteiger partial charge >= 0.3 is 5.97 Å². The zero-order valence-corrected chi connectivity index (χ0v) is 26.9. The van der Waals surface area contributed by atoms with Crippen LogP contribution in [0.15, 0.2) is 29.2 Å². The van der Waals surface area contributed by atoms with Gasteiger partial charge in [0.05, 0.1) is 22.8 Å². The van der Waals surface area contributed by atoms with E-state index in [1.54, 1.807) is 9.58 Å². The highest BCUT2D eigenvalue weighted by Gasteiger charge is 2.40. The summed E-state index contributed by atoms with van der Waals surface area (Å²) in [5, 5.41) is 7.97. The molecule has 5 rings (SSSR count). The van der Waals surface area contributed by atoms with Crippen LogP contribution in [-0.4, -0.2) is 97.7 Å². The molecular weight excluding hydrogens is 586 g/mol. The van der Waals surface area contributed by atoms with Crippen molar-refractivity contribution in [1.29, 1.82) is 0 Å². The van der Waals surface area contributed by atoms with Crippen LogP contribution in [0.3, 0.4) is 0 Å². The van der Waals surface area contributed by atoms with Crippen molar-refractivity contribution in [2.45, 2.75) is 64.8 Å². The summed E-state index contributed by atoms with van der Waals surface area (Å²) in [6.45, 7) is 11.0. The SMILES string of the molecule is CCn1nc(CC(C)(C)COC(=O)c2cccc(S(=O)(=O)N3CCN(C(C)=O)CC3)c2)c2c1C(=O)NCC1(CCOCC1)C2. The highest BCUT2D eigenvalue weighted by molar-refractivity contribution is 7.89. The fourth-order valence-corrected chi connectivity index (χ4v) is 7.80. The Hall–Kier alpha value is -3.29. The number of nitrogens with zero attached hydrogens (tertiary/aromatic N) is 4. The molecular formula is C31H43N5O7S. The second-order valence-corrected chi connectivity index (χ2v) is 14.9. The Labute approximate surface area is 259 Å². The average Bonchev–Trinajstić information content (AvgIpc) is 3.27. The molecule has 0 saturated carbocycles. The smallest absolute Gasteiger partial charge is 0.338 e. The van der Waals surface area contributed by atoms with Gasteiger partial charge in [-0.15, -0.1) is 0 Å². The predicted molar refractivity (Wildman–Crippen MR) is 162 cm³/mol. The molecule has 13 heteroatoms. The second-order valence-electron chi connectivity index (χ2n) is 12.9. The van der Waals surface area contributed by atoms with Gasteiger partial charge < -0.3 is 19.7 Å². The number of hydrogen-bond donors (Lipinski definition) is 1. The summed E-state index contributed by atoms with van der Waals surface area (Å²) < 4.78 is 41.0. The van der Waals surface area contributed by atoms with Crippen LogP contribution in [-0.2, 0) is 43.7 Å². The number of esters is 1. The normalized spacial score (nSPS) is 19.3. The number of rotatable bonds is 8. The lowest BCUT2D eigenvalue weighted by atomic mass is 9.74. The number of sulfonamides is 1. The fraction of sp³-hybridized carbons (Fsp3) is 0.613. The molecule has 2 amide bonds. The minimum absolute atomic E-state index is 0.00982. The van der Waals surface area contributed by atoms with Crippen LogP contribution in [0.4, 0.5) is 0 Å². The minimum atomic E-state index is -3.84. The van der Waals surface area contributed by atoms with E-state index in [1.165, 1.54) is 35.5 Å². The predicted octanol–water partition coefficient (Wildman–Crippen LogP) is 2.26. The molecule has 1 spiro atoms. The first-order chi connectivity index (χ1) is 20.8. The molecule has 240 valence electrons. The second kappa shape index (κ2) is 12.6. The van der Waals surface area contributed by atoms with Gasteiger partial charge in [-0.05, 0) is 49.8 Å². The minimum Gasteiger partial charge on any atom is -0.462 e. The Kier molecular flexibility index (Phi) is 9.20. The number of piperazine rings is 1. The van der Waals surface area contributed by atoms with E-state index in [2.05, 4.69) is 5.32 Å². The Morgan fingerprint density at radius 1 is 1.14 bits per heavy atom. The summed E-state index contributed by atoms with van der Waals surface area (Å²) in [5.41, 5.74) is 1.97. The topological polar surface area (TPSA) is 140 Å². The number of benzene rings is 1. The number of fused-ring (bicyclic) bond motifs is 1. The first kappa shape index (κ1) is 32.1. The molecule has 1 aromatic carbocycles. The van der Waals surface area contributed by atoms with Gasteiger partial charge in [0.1, 0.15) is 5.69 Å². The molecule has 0 bridgehead atoms. The third-order valence-electron chi connectivity index (χ3n) is 9.01. The Bertz CT molecular complexity index is 1520. The quantitative estimate of drug-likeness (QED) is 0.439. The highest BCUT2D eigenvalue weighted by Crippen LogP contribution is 2.39. The summed E-state index contributed by atoms with van der Waals surface area (Å²) in [6, 6.07) is 5.88. The first-order valence-electron chi connectivity index (χ1n) is 15.3. The molecule has 3 aliphatic heterocycles. The number of aromatic nitrogens is 2. The number of carbonyl (C=O) groups excluding carboxylic acids is 3. The molecule has 1 aromatic heterocycles. The number of amides is 2. The molecule has 0 unspecified atom stereocenters. The summed E-state index contributed by atoms with van der Waals surface area (Å²) in [7, 11) is -3.84. The molecule has 0 atom stereocenters. The molecule has 2 aromatic rings. The Balaban J connectivity index is 1.28. The number of aryl methyl sites for hydroxylation is 1. The zero-order chi connectivity index (χ0) is 31.7. The van der Waals surface area contributed by atoms with Gasteiger partial charge in [0.2, 0.25) is 15.9 Å². The molecule has 12 nitrogen and oxygen atoms in total. The largest absolute Gasteiger partial charge is 0.462 e. The van der Waals surface area contributed by atoms with Crippen molar-refractivity contribution in [3.05, 3.63) is 46.8 Å². The van der Waals surface area contributed by atoms with E-state index in [4.69, 9.17) is 14.6 Å². The van der Waals surface area contributed by atoms with E-state index in [0.29, 0.717) is 51.5 Å². The van der Waals surface area contributed by atoms with Crippen molar-refractivity contribution in [3.8, 4) is 0 Å². The van der Waals surface area contributed by atoms with Gasteiger partial charge in [-0.2, -0.15) is 9.40 Å². The van der Waals surface area contributed by atoms with Crippen LogP contribution in [0.5, 0.6) is 0 Å². The van der Waals surface area contributed by atoms with Gasteiger partial charge in [0, 0.05) is 76.8 Å². The Morgan fingerprint density at radius 2 is 1.84 bits per heavy atom. The van der Waals surface area contributed by atoms with Crippen LogP contribution in [0, 0.1) is 10.8 Å². The molecule has 1 N–H and O–H groups in total. The third-order valence-corrected chi connectivity index (χ3v) is 10.9. The van der Waals surface area contributed by atoms with E-state index < -0.39 is 21.4 Å². The van der Waals surface area contributed by atoms with E-state index in [1.807, 2.05) is 20.8 Å². The highest BCUT2D eigenvalue weighted by atomic mass is 32.2. The first-order valence-corrected chi connectivity index (χ1v) is 16.8. The lowest BCUT2D eigenvalue weighted by Crippen LogP contribution is -2.49. The van der Waals surface area contributed by atoms with Crippen molar-refractivity contribution < 1.29 is 32.3 Å². The molecule has 0 aliphatic carbocycles. The van der Waals surface area contributed by atoms with Gasteiger partial charge in [-0.25, -0.2) is 13.2 Å². The third kappa shape index (κ3) is 6.69. The van der Waals surface area contributed by atoms with Crippen molar-refractivity contribution in [2.24, 2.45) is 10.8 Å². The van der Waals surface area contributed by atoms with Gasteiger partial charge in [-0.3, -0.25) is 14.3 Å². The van der Waals surface area contributed by atoms with Crippen molar-refractivity contribution >= 4 is 27.8 Å². The molecule has 2 saturated heterocycles. The van der Waals surface area contributed by atoms with Crippen molar-refractivity contribution in [1.82, 2.24) is 24.3 Å². The van der Waals surface area contributed by atoms with Crippen molar-refractivity contribution in [2.75, 3.05) is 52.5 Å². The Morgan fingerprint density at radius 3 is 2.50 bits per heavy atom. The molecule has 0 radical (unpaired) electrons. The number of carbonyl (C=O) groups is 3. The average molecular weight is 630 g/mol. The van der Waals surface area contributed by atoms with E-state index in [-0.39, 0.29) is 47.4 Å². The summed E-state index contributed by atoms with van der Waals surface area (Å²) in [6.07, 6.45) is 2.97. The molecule has 4 heterocycles. The molecule has 2 fully saturated rings. The fourth-order valence-electron chi connectivity index (χ4n) is 6.33. The number of nitrogens with one attached hydrogen (secondary N) is 1. The maximum Gasteiger partial charge on any atom is 0.338 e. The van der Waals surface area contributed by atoms with Crippen LogP contribution >= 0.6 is 0 Å². The van der Waals surface area contributed by atoms with Crippen LogP contribution in [0.25, 0.3) is 0 Å². The van der Waals surface area contributed by atoms with Gasteiger partial charge in [0.15, 0.2) is 0 Å². The lowest BCUT2D eigenvalue weighted by molar-refractivity contribution is -0.129. The van der Waals surface area contributed by atoms with Gasteiger partial charge in [0.25, 0.3) is 5.91 Å². The van der Waals surface area contributed by atoms with E-state index in [0.717, 1.165) is 30.5 Å². The number of ether oxygens (including phenoxy) is 2. The molecule has 44 heavy (non-hydrogen) atoms. The summed E-state index contributed by atoms with van der Waals surface area (Å²) in [4.78, 5) is 39.6.